The summed E-state index contributed by atoms with van der Waals surface area (Å²) in [6, 6.07) is 12.3. The Morgan fingerprint density at radius 3 is 3.00 bits per heavy atom. The summed E-state index contributed by atoms with van der Waals surface area (Å²) < 4.78 is 13.5. The number of hydrogen-bond acceptors (Lipinski definition) is 3. The van der Waals surface area contributed by atoms with Crippen LogP contribution in [0.2, 0.25) is 0 Å². The van der Waals surface area contributed by atoms with Crippen molar-refractivity contribution in [2.75, 3.05) is 11.9 Å². The Balaban J connectivity index is 1.96. The molecule has 1 heterocycles. The highest BCUT2D eigenvalue weighted by Crippen LogP contribution is 2.27. The van der Waals surface area contributed by atoms with Crippen molar-refractivity contribution < 1.29 is 4.39 Å². The Morgan fingerprint density at radius 2 is 2.15 bits per heavy atom. The Kier molecular flexibility index (Phi) is 3.36. The molecule has 2 N–H and O–H groups in total. The number of halogens is 1. The largest absolute Gasteiger partial charge is 0.355 e. The van der Waals surface area contributed by atoms with E-state index in [1.807, 2.05) is 18.2 Å². The highest BCUT2D eigenvalue weighted by atomic mass is 19.1. The molecule has 0 amide bonds. The number of nitrogens with zero attached hydrogens (tertiary/aromatic N) is 1. The lowest BCUT2D eigenvalue weighted by Gasteiger charge is -2.21. The molecule has 0 saturated carbocycles. The number of nitrogens with one attached hydrogen (secondary N) is 2. The third-order valence-electron chi connectivity index (χ3n) is 3.45. The van der Waals surface area contributed by atoms with Crippen molar-refractivity contribution in [1.82, 2.24) is 5.32 Å². The molecule has 2 aromatic rings. The minimum absolute atomic E-state index is 0.318. The van der Waals surface area contributed by atoms with Gasteiger partial charge >= 0.3 is 0 Å². The molecular weight excluding hydrogens is 253 g/mol. The van der Waals surface area contributed by atoms with Crippen LogP contribution < -0.4 is 10.6 Å². The maximum Gasteiger partial charge on any atom is 0.126 e. The molecule has 4 heteroatoms. The standard InChI is InChI=1S/C16H14FN3/c17-13-6-11(9-18)7-14(8-13)20-16-3-1-2-12-10-19-5-4-15(12)16/h1-3,6-8,19-20H,4-5,10H2. The van der Waals surface area contributed by atoms with Crippen molar-refractivity contribution in [2.24, 2.45) is 0 Å². The first-order chi connectivity index (χ1) is 9.76. The van der Waals surface area contributed by atoms with Crippen molar-refractivity contribution >= 4 is 11.4 Å². The predicted octanol–water partition coefficient (Wildman–Crippen LogP) is 3.09. The summed E-state index contributed by atoms with van der Waals surface area (Å²) in [6.07, 6.45) is 0.943. The van der Waals surface area contributed by atoms with Crippen LogP contribution in [0.3, 0.4) is 0 Å². The predicted molar refractivity (Wildman–Crippen MR) is 76.3 cm³/mol. The van der Waals surface area contributed by atoms with Crippen molar-refractivity contribution in [1.29, 1.82) is 5.26 Å². The number of nitriles is 1. The molecule has 20 heavy (non-hydrogen) atoms. The van der Waals surface area contributed by atoms with E-state index in [9.17, 15) is 4.39 Å². The van der Waals surface area contributed by atoms with Gasteiger partial charge in [0.15, 0.2) is 0 Å². The zero-order valence-corrected chi connectivity index (χ0v) is 10.9. The molecule has 0 atom stereocenters. The topological polar surface area (TPSA) is 47.9 Å². The van der Waals surface area contributed by atoms with Crippen LogP contribution in [0.25, 0.3) is 0 Å². The minimum Gasteiger partial charge on any atom is -0.355 e. The molecule has 1 aliphatic rings. The number of benzene rings is 2. The Morgan fingerprint density at radius 1 is 1.25 bits per heavy atom. The van der Waals surface area contributed by atoms with E-state index in [-0.39, 0.29) is 0 Å². The van der Waals surface area contributed by atoms with Gasteiger partial charge in [-0.1, -0.05) is 12.1 Å². The molecule has 2 aromatic carbocycles. The molecular formula is C16H14FN3. The first-order valence-corrected chi connectivity index (χ1v) is 6.55. The average molecular weight is 267 g/mol. The lowest BCUT2D eigenvalue weighted by atomic mass is 9.99. The van der Waals surface area contributed by atoms with Gasteiger partial charge < -0.3 is 10.6 Å². The zero-order chi connectivity index (χ0) is 13.9. The van der Waals surface area contributed by atoms with Gasteiger partial charge in [0.2, 0.25) is 0 Å². The number of fused-ring (bicyclic) bond motifs is 1. The minimum atomic E-state index is -0.405. The summed E-state index contributed by atoms with van der Waals surface area (Å²) in [7, 11) is 0. The van der Waals surface area contributed by atoms with Gasteiger partial charge in [-0.3, -0.25) is 0 Å². The molecule has 0 aliphatic carbocycles. The van der Waals surface area contributed by atoms with Gasteiger partial charge in [-0.15, -0.1) is 0 Å². The van der Waals surface area contributed by atoms with Gasteiger partial charge in [0.1, 0.15) is 5.82 Å². The monoisotopic (exact) mass is 267 g/mol. The smallest absolute Gasteiger partial charge is 0.126 e. The number of hydrogen-bond donors (Lipinski definition) is 2. The van der Waals surface area contributed by atoms with E-state index >= 15 is 0 Å². The normalized spacial score (nSPS) is 13.4. The highest BCUT2D eigenvalue weighted by molar-refractivity contribution is 5.66. The van der Waals surface area contributed by atoms with E-state index in [0.29, 0.717) is 11.3 Å². The SMILES string of the molecule is N#Cc1cc(F)cc(Nc2cccc3c2CCNC3)c1. The molecule has 0 saturated heterocycles. The molecule has 1 aliphatic heterocycles. The van der Waals surface area contributed by atoms with E-state index in [2.05, 4.69) is 16.7 Å². The van der Waals surface area contributed by atoms with Gasteiger partial charge in [-0.25, -0.2) is 4.39 Å². The second-order valence-corrected chi connectivity index (χ2v) is 4.84. The maximum absolute atomic E-state index is 13.5. The fourth-order valence-electron chi connectivity index (χ4n) is 2.53. The van der Waals surface area contributed by atoms with Crippen LogP contribution in [0.5, 0.6) is 0 Å². The fourth-order valence-corrected chi connectivity index (χ4v) is 2.53. The zero-order valence-electron chi connectivity index (χ0n) is 10.9. The van der Waals surface area contributed by atoms with Crippen molar-refractivity contribution in [3.05, 3.63) is 58.9 Å². The summed E-state index contributed by atoms with van der Waals surface area (Å²) in [6.45, 7) is 1.80. The number of rotatable bonds is 2. The number of anilines is 2. The van der Waals surface area contributed by atoms with Crippen LogP contribution in [0.1, 0.15) is 16.7 Å². The first-order valence-electron chi connectivity index (χ1n) is 6.55. The Hall–Kier alpha value is -2.38. The Bertz CT molecular complexity index is 689. The summed E-state index contributed by atoms with van der Waals surface area (Å²) in [4.78, 5) is 0. The van der Waals surface area contributed by atoms with Crippen LogP contribution in [0.15, 0.2) is 36.4 Å². The molecule has 0 unspecified atom stereocenters. The van der Waals surface area contributed by atoms with Crippen LogP contribution in [-0.4, -0.2) is 6.54 Å². The van der Waals surface area contributed by atoms with Crippen LogP contribution in [0, 0.1) is 17.1 Å². The van der Waals surface area contributed by atoms with Crippen molar-refractivity contribution in [3.8, 4) is 6.07 Å². The lowest BCUT2D eigenvalue weighted by molar-refractivity contribution is 0.628. The molecule has 0 radical (unpaired) electrons. The molecule has 100 valence electrons. The summed E-state index contributed by atoms with van der Waals surface area (Å²) in [5.41, 5.74) is 4.43. The molecule has 3 nitrogen and oxygen atoms in total. The molecule has 0 aromatic heterocycles. The summed E-state index contributed by atoms with van der Waals surface area (Å²) in [5, 5.41) is 15.4. The quantitative estimate of drug-likeness (QED) is 0.879. The van der Waals surface area contributed by atoms with Crippen molar-refractivity contribution in [3.63, 3.8) is 0 Å². The molecule has 3 rings (SSSR count). The Labute approximate surface area is 117 Å². The average Bonchev–Trinajstić information content (AvgIpc) is 2.47. The van der Waals surface area contributed by atoms with Crippen LogP contribution in [0.4, 0.5) is 15.8 Å². The van der Waals surface area contributed by atoms with Gasteiger partial charge in [0, 0.05) is 17.9 Å². The van der Waals surface area contributed by atoms with Gasteiger partial charge in [0.05, 0.1) is 11.6 Å². The van der Waals surface area contributed by atoms with Gasteiger partial charge in [-0.05, 0) is 48.4 Å². The second kappa shape index (κ2) is 5.32. The fraction of sp³-hybridized carbons (Fsp3) is 0.188. The second-order valence-electron chi connectivity index (χ2n) is 4.84. The van der Waals surface area contributed by atoms with E-state index < -0.39 is 5.82 Å². The third-order valence-corrected chi connectivity index (χ3v) is 3.45. The lowest BCUT2D eigenvalue weighted by Crippen LogP contribution is -2.24. The van der Waals surface area contributed by atoms with Crippen LogP contribution in [-0.2, 0) is 13.0 Å². The van der Waals surface area contributed by atoms with Crippen LogP contribution >= 0.6 is 0 Å². The molecule has 0 bridgehead atoms. The molecule has 0 spiro atoms. The third kappa shape index (κ3) is 2.49. The molecule has 0 fully saturated rings. The van der Waals surface area contributed by atoms with Crippen molar-refractivity contribution in [2.45, 2.75) is 13.0 Å². The maximum atomic E-state index is 13.5. The summed E-state index contributed by atoms with van der Waals surface area (Å²) in [5.74, 6) is -0.405. The summed E-state index contributed by atoms with van der Waals surface area (Å²) >= 11 is 0. The van der Waals surface area contributed by atoms with E-state index in [1.54, 1.807) is 6.07 Å². The first kappa shape index (κ1) is 12.6. The van der Waals surface area contributed by atoms with Gasteiger partial charge in [-0.2, -0.15) is 5.26 Å². The van der Waals surface area contributed by atoms with E-state index in [0.717, 1.165) is 25.2 Å². The van der Waals surface area contributed by atoms with E-state index in [1.165, 1.54) is 23.3 Å². The van der Waals surface area contributed by atoms with E-state index in [4.69, 9.17) is 5.26 Å². The van der Waals surface area contributed by atoms with Gasteiger partial charge in [0.25, 0.3) is 0 Å². The highest BCUT2D eigenvalue weighted by Gasteiger charge is 2.12.